The van der Waals surface area contributed by atoms with Gasteiger partial charge in [-0.05, 0) is 36.1 Å². The number of hydrogen-bond acceptors (Lipinski definition) is 6. The van der Waals surface area contributed by atoms with Crippen LogP contribution in [0.15, 0.2) is 48.5 Å². The van der Waals surface area contributed by atoms with Crippen molar-refractivity contribution in [2.45, 2.75) is 38.8 Å². The second-order valence-corrected chi connectivity index (χ2v) is 8.91. The van der Waals surface area contributed by atoms with Gasteiger partial charge in [-0.2, -0.15) is 0 Å². The number of nitrogens with one attached hydrogen (secondary N) is 1. The van der Waals surface area contributed by atoms with Crippen LogP contribution in [0.3, 0.4) is 0 Å². The number of hydrogen-bond donors (Lipinski definition) is 2. The number of Topliss-reactive ketones (excluding diaryl/α,β-unsaturated/α-hetero) is 1. The molecule has 0 radical (unpaired) electrons. The minimum Gasteiger partial charge on any atom is -0.493 e. The lowest BCUT2D eigenvalue weighted by Gasteiger charge is -2.25. The Morgan fingerprint density at radius 1 is 1.16 bits per heavy atom. The van der Waals surface area contributed by atoms with Crippen molar-refractivity contribution in [1.82, 2.24) is 5.32 Å². The van der Waals surface area contributed by atoms with Gasteiger partial charge in [0.05, 0.1) is 12.6 Å². The van der Waals surface area contributed by atoms with Crippen molar-refractivity contribution in [1.29, 1.82) is 0 Å². The molecule has 0 aliphatic carbocycles. The Morgan fingerprint density at radius 3 is 2.58 bits per heavy atom. The average molecular weight is 442 g/mol. The van der Waals surface area contributed by atoms with Gasteiger partial charge in [0, 0.05) is 25.0 Å². The van der Waals surface area contributed by atoms with Crippen LogP contribution < -0.4 is 10.1 Å². The Hall–Kier alpha value is -2.64. The number of aliphatic carboxylic acids is 1. The number of ether oxygens (including phenoxy) is 1. The van der Waals surface area contributed by atoms with Gasteiger partial charge in [-0.25, -0.2) is 0 Å². The number of carboxylic acids is 1. The third-order valence-electron chi connectivity index (χ3n) is 5.33. The molecule has 2 unspecified atom stereocenters. The Labute approximate surface area is 186 Å². The van der Waals surface area contributed by atoms with Crippen LogP contribution in [0, 0.1) is 5.92 Å². The van der Waals surface area contributed by atoms with E-state index in [1.54, 1.807) is 0 Å². The van der Waals surface area contributed by atoms with Crippen LogP contribution >= 0.6 is 11.8 Å². The van der Waals surface area contributed by atoms with Gasteiger partial charge in [0.15, 0.2) is 10.9 Å². The first-order valence-electron chi connectivity index (χ1n) is 10.3. The average Bonchev–Trinajstić information content (AvgIpc) is 3.22. The first-order valence-corrected chi connectivity index (χ1v) is 11.3. The summed E-state index contributed by atoms with van der Waals surface area (Å²) < 4.78 is 5.57. The molecule has 0 saturated carbocycles. The van der Waals surface area contributed by atoms with Crippen LogP contribution in [0.2, 0.25) is 0 Å². The second kappa shape index (κ2) is 10.6. The molecule has 0 saturated heterocycles. The fraction of sp³-hybridized carbons (Fsp3) is 0.375. The predicted molar refractivity (Wildman–Crippen MR) is 120 cm³/mol. The second-order valence-electron chi connectivity index (χ2n) is 7.72. The van der Waals surface area contributed by atoms with Gasteiger partial charge < -0.3 is 9.84 Å². The molecule has 1 heterocycles. The quantitative estimate of drug-likeness (QED) is 0.583. The van der Waals surface area contributed by atoms with E-state index in [1.165, 1.54) is 13.8 Å². The lowest BCUT2D eigenvalue weighted by atomic mass is 9.88. The molecule has 6 nitrogen and oxygen atoms in total. The molecule has 3 atom stereocenters. The van der Waals surface area contributed by atoms with Crippen molar-refractivity contribution in [3.8, 4) is 5.75 Å². The molecule has 7 heteroatoms. The predicted octanol–water partition coefficient (Wildman–Crippen LogP) is 3.43. The van der Waals surface area contributed by atoms with Crippen LogP contribution in [-0.2, 0) is 27.2 Å². The van der Waals surface area contributed by atoms with Crippen LogP contribution in [0.1, 0.15) is 36.6 Å². The summed E-state index contributed by atoms with van der Waals surface area (Å²) in [6.45, 7) is 3.66. The van der Waals surface area contributed by atoms with Crippen molar-refractivity contribution >= 4 is 28.6 Å². The SMILES string of the molecule is CC(=O)SC[C@@H](Cc1ccc2c(c1)CCO2)C(=O)C(NC(C)C(=O)O)c1ccccc1. The van der Waals surface area contributed by atoms with Crippen molar-refractivity contribution in [2.75, 3.05) is 12.4 Å². The number of carbonyl (C=O) groups is 3. The molecular formula is C24H27NO5S. The van der Waals surface area contributed by atoms with E-state index >= 15 is 0 Å². The molecule has 1 aliphatic heterocycles. The molecule has 2 aromatic carbocycles. The first-order chi connectivity index (χ1) is 14.8. The maximum atomic E-state index is 13.6. The van der Waals surface area contributed by atoms with E-state index < -0.39 is 24.0 Å². The molecule has 0 bridgehead atoms. The fourth-order valence-electron chi connectivity index (χ4n) is 3.66. The highest BCUT2D eigenvalue weighted by Crippen LogP contribution is 2.29. The highest BCUT2D eigenvalue weighted by atomic mass is 32.2. The molecule has 2 N–H and O–H groups in total. The fourth-order valence-corrected chi connectivity index (χ4v) is 4.37. The topological polar surface area (TPSA) is 92.7 Å². The number of rotatable bonds is 10. The summed E-state index contributed by atoms with van der Waals surface area (Å²) in [7, 11) is 0. The van der Waals surface area contributed by atoms with Gasteiger partial charge in [0.25, 0.3) is 0 Å². The molecule has 0 amide bonds. The molecule has 164 valence electrons. The van der Waals surface area contributed by atoms with Crippen molar-refractivity contribution in [3.05, 3.63) is 65.2 Å². The Bertz CT molecular complexity index is 946. The number of ketones is 1. The van der Waals surface area contributed by atoms with Gasteiger partial charge >= 0.3 is 5.97 Å². The van der Waals surface area contributed by atoms with Gasteiger partial charge in [-0.1, -0.05) is 54.2 Å². The Kier molecular flexibility index (Phi) is 7.87. The van der Waals surface area contributed by atoms with E-state index in [4.69, 9.17) is 4.74 Å². The van der Waals surface area contributed by atoms with Gasteiger partial charge in [-0.15, -0.1) is 0 Å². The zero-order valence-electron chi connectivity index (χ0n) is 17.7. The number of fused-ring (bicyclic) bond motifs is 1. The zero-order chi connectivity index (χ0) is 22.4. The largest absolute Gasteiger partial charge is 0.493 e. The Morgan fingerprint density at radius 2 is 1.90 bits per heavy atom. The number of carbonyl (C=O) groups excluding carboxylic acids is 2. The van der Waals surface area contributed by atoms with E-state index in [9.17, 15) is 19.5 Å². The van der Waals surface area contributed by atoms with Crippen LogP contribution in [0.25, 0.3) is 0 Å². The van der Waals surface area contributed by atoms with E-state index in [0.717, 1.165) is 35.1 Å². The minimum absolute atomic E-state index is 0.0525. The van der Waals surface area contributed by atoms with E-state index in [-0.39, 0.29) is 10.9 Å². The highest BCUT2D eigenvalue weighted by Gasteiger charge is 2.31. The number of benzene rings is 2. The summed E-state index contributed by atoms with van der Waals surface area (Å²) in [5.74, 6) is -0.377. The number of thioether (sulfide) groups is 1. The van der Waals surface area contributed by atoms with Gasteiger partial charge in [0.2, 0.25) is 0 Å². The molecule has 1 aliphatic rings. The lowest BCUT2D eigenvalue weighted by Crippen LogP contribution is -2.42. The molecule has 3 rings (SSSR count). The number of carboxylic acid groups (broad SMARTS) is 1. The third-order valence-corrected chi connectivity index (χ3v) is 6.31. The van der Waals surface area contributed by atoms with Crippen molar-refractivity contribution in [2.24, 2.45) is 5.92 Å². The first kappa shape index (κ1) is 23.0. The summed E-state index contributed by atoms with van der Waals surface area (Å²) in [6.07, 6.45) is 1.31. The zero-order valence-corrected chi connectivity index (χ0v) is 18.5. The monoisotopic (exact) mass is 441 g/mol. The maximum absolute atomic E-state index is 13.6. The molecule has 31 heavy (non-hydrogen) atoms. The maximum Gasteiger partial charge on any atom is 0.320 e. The molecule has 0 fully saturated rings. The standard InChI is InChI=1S/C24H27NO5S/c1-15(24(28)29)25-22(18-6-4-3-5-7-18)23(27)20(14-31-16(2)26)13-17-8-9-21-19(12-17)10-11-30-21/h3-9,12,15,20,22,25H,10-11,13-14H2,1-2H3,(H,28,29)/t15?,20-,22?/m1/s1. The van der Waals surface area contributed by atoms with Crippen molar-refractivity contribution < 1.29 is 24.2 Å². The van der Waals surface area contributed by atoms with Gasteiger partial charge in [0.1, 0.15) is 11.8 Å². The minimum atomic E-state index is -1.03. The lowest BCUT2D eigenvalue weighted by molar-refractivity contribution is -0.139. The summed E-state index contributed by atoms with van der Waals surface area (Å²) in [5, 5.41) is 12.3. The van der Waals surface area contributed by atoms with Crippen LogP contribution in [-0.4, -0.2) is 40.4 Å². The summed E-state index contributed by atoms with van der Waals surface area (Å²) in [5.41, 5.74) is 2.84. The Balaban J connectivity index is 1.87. The third kappa shape index (κ3) is 6.18. The summed E-state index contributed by atoms with van der Waals surface area (Å²) in [6, 6.07) is 13.4. The molecular weight excluding hydrogens is 414 g/mol. The van der Waals surface area contributed by atoms with E-state index in [0.29, 0.717) is 24.3 Å². The molecule has 2 aromatic rings. The van der Waals surface area contributed by atoms with Gasteiger partial charge in [-0.3, -0.25) is 19.7 Å². The van der Waals surface area contributed by atoms with E-state index in [2.05, 4.69) is 11.4 Å². The highest BCUT2D eigenvalue weighted by molar-refractivity contribution is 8.13. The van der Waals surface area contributed by atoms with Crippen LogP contribution in [0.4, 0.5) is 0 Å². The van der Waals surface area contributed by atoms with E-state index in [1.807, 2.05) is 42.5 Å². The van der Waals surface area contributed by atoms with Crippen LogP contribution in [0.5, 0.6) is 5.75 Å². The summed E-state index contributed by atoms with van der Waals surface area (Å²) in [4.78, 5) is 36.7. The molecule has 0 aromatic heterocycles. The molecule has 0 spiro atoms. The smallest absolute Gasteiger partial charge is 0.320 e. The van der Waals surface area contributed by atoms with Crippen molar-refractivity contribution in [3.63, 3.8) is 0 Å². The normalized spacial score (nSPS) is 15.4. The summed E-state index contributed by atoms with van der Waals surface area (Å²) >= 11 is 1.12.